The van der Waals surface area contributed by atoms with Gasteiger partial charge in [0, 0.05) is 10.6 Å². The second-order valence-corrected chi connectivity index (χ2v) is 7.93. The third-order valence-corrected chi connectivity index (χ3v) is 5.02. The normalized spacial score (nSPS) is 15.6. The molecule has 4 amide bonds. The number of carbonyl (C=O) groups excluding carboxylic acids is 3. The van der Waals surface area contributed by atoms with Crippen LogP contribution in [-0.4, -0.2) is 29.3 Å². The second-order valence-electron chi connectivity index (χ2n) is 5.44. The molecule has 1 aliphatic heterocycles. The number of aryl methyl sites for hydroxylation is 1. The highest BCUT2D eigenvalue weighted by atomic mass is 79.9. The number of amides is 4. The van der Waals surface area contributed by atoms with Crippen molar-refractivity contribution >= 4 is 56.9 Å². The van der Waals surface area contributed by atoms with Crippen LogP contribution in [0.4, 0.5) is 10.5 Å². The number of halogens is 1. The summed E-state index contributed by atoms with van der Waals surface area (Å²) in [7, 11) is 0. The molecule has 1 aromatic carbocycles. The lowest BCUT2D eigenvalue weighted by atomic mass is 10.2. The van der Waals surface area contributed by atoms with Gasteiger partial charge in [0.05, 0.1) is 3.79 Å². The van der Waals surface area contributed by atoms with E-state index in [-0.39, 0.29) is 12.2 Å². The number of hydrogen-bond acceptors (Lipinski definition) is 4. The predicted octanol–water partition coefficient (Wildman–Crippen LogP) is 3.35. The Balaban J connectivity index is 1.68. The molecule has 25 heavy (non-hydrogen) atoms. The molecule has 2 aromatic rings. The number of carbonyl (C=O) groups is 3. The van der Waals surface area contributed by atoms with Gasteiger partial charge >= 0.3 is 6.03 Å². The van der Waals surface area contributed by atoms with Crippen molar-refractivity contribution in [3.8, 4) is 0 Å². The molecule has 0 unspecified atom stereocenters. The first-order chi connectivity index (χ1) is 11.9. The minimum Gasteiger partial charge on any atom is -0.325 e. The third-order valence-electron chi connectivity index (χ3n) is 3.45. The average molecular weight is 420 g/mol. The van der Waals surface area contributed by atoms with Crippen molar-refractivity contribution in [1.29, 1.82) is 0 Å². The van der Waals surface area contributed by atoms with Gasteiger partial charge in [-0.25, -0.2) is 9.69 Å². The van der Waals surface area contributed by atoms with Crippen LogP contribution in [0.15, 0.2) is 45.9 Å². The number of urea groups is 1. The van der Waals surface area contributed by atoms with Crippen LogP contribution in [0.3, 0.4) is 0 Å². The Labute approximate surface area is 156 Å². The SMILES string of the molecule is Cc1cccc(NC(=O)CN2C(=O)NC(=Cc3ccc(Br)s3)C2=O)c1. The number of thiophene rings is 1. The Bertz CT molecular complexity index is 891. The Morgan fingerprint density at radius 2 is 2.12 bits per heavy atom. The first kappa shape index (κ1) is 17.4. The Hall–Kier alpha value is -2.45. The summed E-state index contributed by atoms with van der Waals surface area (Å²) in [6, 6.07) is 10.4. The number of benzene rings is 1. The Kier molecular flexibility index (Phi) is 5.00. The lowest BCUT2D eigenvalue weighted by Crippen LogP contribution is -2.38. The van der Waals surface area contributed by atoms with Gasteiger partial charge in [-0.2, -0.15) is 0 Å². The van der Waals surface area contributed by atoms with E-state index in [9.17, 15) is 14.4 Å². The molecule has 0 aliphatic carbocycles. The van der Waals surface area contributed by atoms with Gasteiger partial charge in [-0.1, -0.05) is 12.1 Å². The van der Waals surface area contributed by atoms with Crippen LogP contribution in [0.5, 0.6) is 0 Å². The van der Waals surface area contributed by atoms with E-state index in [2.05, 4.69) is 26.6 Å². The van der Waals surface area contributed by atoms with Crippen LogP contribution in [0.2, 0.25) is 0 Å². The molecule has 2 N–H and O–H groups in total. The standard InChI is InChI=1S/C17H14BrN3O3S/c1-10-3-2-4-11(7-10)19-15(22)9-21-16(23)13(20-17(21)24)8-12-5-6-14(18)25-12/h2-8H,9H2,1H3,(H,19,22)(H,20,24). The van der Waals surface area contributed by atoms with E-state index in [1.54, 1.807) is 12.1 Å². The van der Waals surface area contributed by atoms with Gasteiger partial charge < -0.3 is 10.6 Å². The fourth-order valence-electron chi connectivity index (χ4n) is 2.33. The molecule has 1 fully saturated rings. The summed E-state index contributed by atoms with van der Waals surface area (Å²) in [6.45, 7) is 1.57. The molecule has 0 atom stereocenters. The molecule has 6 nitrogen and oxygen atoms in total. The molecule has 128 valence electrons. The minimum absolute atomic E-state index is 0.155. The lowest BCUT2D eigenvalue weighted by molar-refractivity contribution is -0.127. The first-order valence-electron chi connectivity index (χ1n) is 7.39. The summed E-state index contributed by atoms with van der Waals surface area (Å²) in [6.07, 6.45) is 1.59. The van der Waals surface area contributed by atoms with E-state index < -0.39 is 17.8 Å². The first-order valence-corrected chi connectivity index (χ1v) is 9.00. The van der Waals surface area contributed by atoms with E-state index in [0.29, 0.717) is 5.69 Å². The summed E-state index contributed by atoms with van der Waals surface area (Å²) in [5.74, 6) is -0.955. The molecule has 1 aliphatic rings. The highest BCUT2D eigenvalue weighted by Crippen LogP contribution is 2.25. The van der Waals surface area contributed by atoms with E-state index in [0.717, 1.165) is 19.1 Å². The van der Waals surface area contributed by atoms with E-state index in [1.165, 1.54) is 11.3 Å². The molecule has 8 heteroatoms. The van der Waals surface area contributed by atoms with Gasteiger partial charge in [-0.3, -0.25) is 9.59 Å². The topological polar surface area (TPSA) is 78.5 Å². The zero-order valence-corrected chi connectivity index (χ0v) is 15.6. The Morgan fingerprint density at radius 3 is 2.80 bits per heavy atom. The maximum atomic E-state index is 12.4. The van der Waals surface area contributed by atoms with E-state index >= 15 is 0 Å². The van der Waals surface area contributed by atoms with Crippen molar-refractivity contribution in [2.24, 2.45) is 0 Å². The van der Waals surface area contributed by atoms with Crippen molar-refractivity contribution in [1.82, 2.24) is 10.2 Å². The summed E-state index contributed by atoms with van der Waals surface area (Å²) >= 11 is 4.78. The summed E-state index contributed by atoms with van der Waals surface area (Å²) < 4.78 is 0.922. The second kappa shape index (κ2) is 7.20. The quantitative estimate of drug-likeness (QED) is 0.588. The van der Waals surface area contributed by atoms with Gasteiger partial charge in [0.2, 0.25) is 5.91 Å². The maximum Gasteiger partial charge on any atom is 0.329 e. The van der Waals surface area contributed by atoms with Crippen LogP contribution in [-0.2, 0) is 9.59 Å². The van der Waals surface area contributed by atoms with Crippen molar-refractivity contribution in [2.45, 2.75) is 6.92 Å². The summed E-state index contributed by atoms with van der Waals surface area (Å²) in [5, 5.41) is 5.18. The molecule has 0 radical (unpaired) electrons. The molecule has 2 heterocycles. The number of imide groups is 1. The number of nitrogens with zero attached hydrogens (tertiary/aromatic N) is 1. The van der Waals surface area contributed by atoms with Crippen LogP contribution < -0.4 is 10.6 Å². The minimum atomic E-state index is -0.605. The smallest absolute Gasteiger partial charge is 0.325 e. The summed E-state index contributed by atoms with van der Waals surface area (Å²) in [4.78, 5) is 38.2. The van der Waals surface area contributed by atoms with E-state index in [4.69, 9.17) is 0 Å². The number of nitrogens with one attached hydrogen (secondary N) is 2. The van der Waals surface area contributed by atoms with Gasteiger partial charge in [0.1, 0.15) is 12.2 Å². The predicted molar refractivity (Wildman–Crippen MR) is 100 cm³/mol. The number of hydrogen-bond donors (Lipinski definition) is 2. The number of anilines is 1. The zero-order valence-electron chi connectivity index (χ0n) is 13.2. The van der Waals surface area contributed by atoms with E-state index in [1.807, 2.05) is 37.3 Å². The van der Waals surface area contributed by atoms with Gasteiger partial charge in [0.15, 0.2) is 0 Å². The Morgan fingerprint density at radius 1 is 1.32 bits per heavy atom. The molecular weight excluding hydrogens is 406 g/mol. The summed E-state index contributed by atoms with van der Waals surface area (Å²) in [5.41, 5.74) is 1.78. The molecular formula is C17H14BrN3O3S. The fourth-order valence-corrected chi connectivity index (χ4v) is 3.70. The fraction of sp³-hybridized carbons (Fsp3) is 0.118. The van der Waals surface area contributed by atoms with Crippen molar-refractivity contribution in [2.75, 3.05) is 11.9 Å². The van der Waals surface area contributed by atoms with Crippen LogP contribution >= 0.6 is 27.3 Å². The zero-order chi connectivity index (χ0) is 18.0. The van der Waals surface area contributed by atoms with Crippen LogP contribution in [0, 0.1) is 6.92 Å². The largest absolute Gasteiger partial charge is 0.329 e. The molecule has 1 aromatic heterocycles. The maximum absolute atomic E-state index is 12.4. The van der Waals surface area contributed by atoms with Crippen LogP contribution in [0.25, 0.3) is 6.08 Å². The molecule has 1 saturated heterocycles. The van der Waals surface area contributed by atoms with Crippen molar-refractivity contribution in [3.05, 3.63) is 56.3 Å². The third kappa shape index (κ3) is 4.15. The van der Waals surface area contributed by atoms with Crippen molar-refractivity contribution in [3.63, 3.8) is 0 Å². The highest BCUT2D eigenvalue weighted by molar-refractivity contribution is 9.11. The van der Waals surface area contributed by atoms with Gasteiger partial charge in [-0.05, 0) is 58.8 Å². The van der Waals surface area contributed by atoms with Crippen molar-refractivity contribution < 1.29 is 14.4 Å². The monoisotopic (exact) mass is 419 g/mol. The highest BCUT2D eigenvalue weighted by Gasteiger charge is 2.35. The average Bonchev–Trinajstić information content (AvgIpc) is 3.06. The number of rotatable bonds is 4. The molecule has 0 spiro atoms. The molecule has 0 saturated carbocycles. The van der Waals surface area contributed by atoms with Gasteiger partial charge in [-0.15, -0.1) is 11.3 Å². The lowest BCUT2D eigenvalue weighted by Gasteiger charge is -2.12. The molecule has 3 rings (SSSR count). The molecule has 0 bridgehead atoms. The van der Waals surface area contributed by atoms with Gasteiger partial charge in [0.25, 0.3) is 5.91 Å². The van der Waals surface area contributed by atoms with Crippen LogP contribution in [0.1, 0.15) is 10.4 Å².